The van der Waals surface area contributed by atoms with Gasteiger partial charge in [-0.2, -0.15) is 18.2 Å². The van der Waals surface area contributed by atoms with E-state index in [4.69, 9.17) is 9.47 Å². The summed E-state index contributed by atoms with van der Waals surface area (Å²) in [6, 6.07) is 7.02. The minimum atomic E-state index is -4.57. The molecule has 0 radical (unpaired) electrons. The Hall–Kier alpha value is -2.51. The van der Waals surface area contributed by atoms with Crippen LogP contribution in [0, 0.1) is 0 Å². The number of anilines is 2. The van der Waals surface area contributed by atoms with Crippen LogP contribution in [0.5, 0.6) is 11.6 Å². The fourth-order valence-corrected chi connectivity index (χ4v) is 1.97. The van der Waals surface area contributed by atoms with E-state index in [0.717, 1.165) is 18.6 Å². The molecule has 2 aromatic rings. The number of ether oxygens (including phenoxy) is 2. The average Bonchev–Trinajstić information content (AvgIpc) is 2.56. The van der Waals surface area contributed by atoms with E-state index in [9.17, 15) is 13.2 Å². The van der Waals surface area contributed by atoms with Gasteiger partial charge in [0.25, 0.3) is 0 Å². The van der Waals surface area contributed by atoms with Crippen molar-refractivity contribution in [2.45, 2.75) is 32.9 Å². The van der Waals surface area contributed by atoms with Crippen LogP contribution in [0.15, 0.2) is 30.5 Å². The summed E-state index contributed by atoms with van der Waals surface area (Å²) >= 11 is 0. The highest BCUT2D eigenvalue weighted by molar-refractivity contribution is 5.55. The third-order valence-electron chi connectivity index (χ3n) is 3.22. The molecular weight excluding hydrogens is 335 g/mol. The molecule has 1 aromatic heterocycles. The van der Waals surface area contributed by atoms with Gasteiger partial charge in [0, 0.05) is 11.9 Å². The predicted octanol–water partition coefficient (Wildman–Crippen LogP) is 4.82. The Labute approximate surface area is 144 Å². The summed E-state index contributed by atoms with van der Waals surface area (Å²) in [5.74, 6) is 0.255. The molecule has 0 fully saturated rings. The Kier molecular flexibility index (Phi) is 6.44. The lowest BCUT2D eigenvalue weighted by Crippen LogP contribution is -2.12. The largest absolute Gasteiger partial charge is 0.494 e. The monoisotopic (exact) mass is 355 g/mol. The highest BCUT2D eigenvalue weighted by Crippen LogP contribution is 2.35. The number of hydrogen-bond donors (Lipinski definition) is 1. The van der Waals surface area contributed by atoms with Crippen molar-refractivity contribution in [2.75, 3.05) is 18.5 Å². The molecular formula is C17H20F3N3O2. The van der Waals surface area contributed by atoms with Gasteiger partial charge < -0.3 is 14.8 Å². The van der Waals surface area contributed by atoms with Crippen LogP contribution < -0.4 is 14.8 Å². The van der Waals surface area contributed by atoms with Gasteiger partial charge in [-0.05, 0) is 37.6 Å². The fourth-order valence-electron chi connectivity index (χ4n) is 1.97. The molecule has 8 heteroatoms. The van der Waals surface area contributed by atoms with Gasteiger partial charge in [0.15, 0.2) is 0 Å². The Morgan fingerprint density at radius 1 is 1.08 bits per heavy atom. The molecule has 0 saturated carbocycles. The number of aromatic nitrogens is 2. The van der Waals surface area contributed by atoms with Crippen LogP contribution in [-0.4, -0.2) is 23.2 Å². The van der Waals surface area contributed by atoms with Gasteiger partial charge in [-0.15, -0.1) is 0 Å². The summed E-state index contributed by atoms with van der Waals surface area (Å²) in [7, 11) is 0. The summed E-state index contributed by atoms with van der Waals surface area (Å²) in [5.41, 5.74) is -0.371. The number of unbranched alkanes of at least 4 members (excludes halogenated alkanes) is 1. The second-order valence-corrected chi connectivity index (χ2v) is 5.19. The quantitative estimate of drug-likeness (QED) is 0.688. The number of alkyl halides is 3. The lowest BCUT2D eigenvalue weighted by molar-refractivity contribution is -0.139. The predicted molar refractivity (Wildman–Crippen MR) is 88.3 cm³/mol. The van der Waals surface area contributed by atoms with Gasteiger partial charge >= 0.3 is 6.18 Å². The standard InChI is InChI=1S/C17H20F3N3O2/c1-3-5-10-25-13-8-6-12(7-9-13)22-16-21-11-14(17(18,19)20)15(23-16)24-4-2/h6-9,11H,3-5,10H2,1-2H3,(H,21,22,23). The van der Waals surface area contributed by atoms with Gasteiger partial charge in [0.2, 0.25) is 11.8 Å². The maximum Gasteiger partial charge on any atom is 0.423 e. The molecule has 0 atom stereocenters. The molecule has 0 unspecified atom stereocenters. The second-order valence-electron chi connectivity index (χ2n) is 5.19. The van der Waals surface area contributed by atoms with Crippen molar-refractivity contribution in [3.63, 3.8) is 0 Å². The van der Waals surface area contributed by atoms with Crippen molar-refractivity contribution in [2.24, 2.45) is 0 Å². The minimum absolute atomic E-state index is 0.0242. The van der Waals surface area contributed by atoms with Crippen molar-refractivity contribution in [3.8, 4) is 11.6 Å². The Morgan fingerprint density at radius 2 is 1.80 bits per heavy atom. The molecule has 0 spiro atoms. The first kappa shape index (κ1) is 18.8. The summed E-state index contributed by atoms with van der Waals surface area (Å²) in [5, 5.41) is 2.85. The van der Waals surface area contributed by atoms with Crippen molar-refractivity contribution < 1.29 is 22.6 Å². The van der Waals surface area contributed by atoms with E-state index in [0.29, 0.717) is 18.5 Å². The first-order valence-corrected chi connectivity index (χ1v) is 8.01. The molecule has 25 heavy (non-hydrogen) atoms. The van der Waals surface area contributed by atoms with Crippen LogP contribution in [0.1, 0.15) is 32.3 Å². The number of rotatable bonds is 8. The number of nitrogens with zero attached hydrogens (tertiary/aromatic N) is 2. The highest BCUT2D eigenvalue weighted by atomic mass is 19.4. The Balaban J connectivity index is 2.10. The minimum Gasteiger partial charge on any atom is -0.494 e. The molecule has 0 aliphatic rings. The highest BCUT2D eigenvalue weighted by Gasteiger charge is 2.36. The summed E-state index contributed by atoms with van der Waals surface area (Å²) < 4.78 is 49.3. The SMILES string of the molecule is CCCCOc1ccc(Nc2ncc(C(F)(F)F)c(OCC)n2)cc1. The van der Waals surface area contributed by atoms with Crippen LogP contribution in [0.25, 0.3) is 0 Å². The zero-order valence-electron chi connectivity index (χ0n) is 14.1. The maximum absolute atomic E-state index is 12.9. The number of hydrogen-bond acceptors (Lipinski definition) is 5. The van der Waals surface area contributed by atoms with Crippen molar-refractivity contribution in [1.82, 2.24) is 9.97 Å². The van der Waals surface area contributed by atoms with Gasteiger partial charge in [0.1, 0.15) is 11.3 Å². The zero-order valence-corrected chi connectivity index (χ0v) is 14.1. The van der Waals surface area contributed by atoms with Crippen molar-refractivity contribution in [3.05, 3.63) is 36.0 Å². The lowest BCUT2D eigenvalue weighted by Gasteiger charge is -2.13. The van der Waals surface area contributed by atoms with Gasteiger partial charge in [-0.3, -0.25) is 0 Å². The number of nitrogens with one attached hydrogen (secondary N) is 1. The maximum atomic E-state index is 12.9. The van der Waals surface area contributed by atoms with E-state index in [1.54, 1.807) is 31.2 Å². The molecule has 136 valence electrons. The molecule has 0 bridgehead atoms. The van der Waals surface area contributed by atoms with E-state index in [1.165, 1.54) is 0 Å². The van der Waals surface area contributed by atoms with Gasteiger partial charge in [0.05, 0.1) is 13.2 Å². The van der Waals surface area contributed by atoms with Gasteiger partial charge in [-0.1, -0.05) is 13.3 Å². The van der Waals surface area contributed by atoms with Crippen molar-refractivity contribution in [1.29, 1.82) is 0 Å². The number of halogens is 3. The average molecular weight is 355 g/mol. The first-order chi connectivity index (χ1) is 11.9. The summed E-state index contributed by atoms with van der Waals surface area (Å²) in [4.78, 5) is 7.52. The van der Waals surface area contributed by atoms with E-state index < -0.39 is 17.6 Å². The van der Waals surface area contributed by atoms with Crippen LogP contribution in [0.2, 0.25) is 0 Å². The Bertz CT molecular complexity index is 676. The van der Waals surface area contributed by atoms with Gasteiger partial charge in [-0.25, -0.2) is 4.98 Å². The molecule has 1 N–H and O–H groups in total. The molecule has 1 heterocycles. The molecule has 1 aromatic carbocycles. The van der Waals surface area contributed by atoms with Crippen LogP contribution in [-0.2, 0) is 6.18 Å². The van der Waals surface area contributed by atoms with Crippen LogP contribution >= 0.6 is 0 Å². The van der Waals surface area contributed by atoms with Crippen LogP contribution in [0.3, 0.4) is 0 Å². The fraction of sp³-hybridized carbons (Fsp3) is 0.412. The normalized spacial score (nSPS) is 11.2. The van der Waals surface area contributed by atoms with Crippen LogP contribution in [0.4, 0.5) is 24.8 Å². The molecule has 0 aliphatic carbocycles. The molecule has 2 rings (SSSR count). The van der Waals surface area contributed by atoms with E-state index in [-0.39, 0.29) is 12.6 Å². The smallest absolute Gasteiger partial charge is 0.423 e. The molecule has 5 nitrogen and oxygen atoms in total. The molecule has 0 saturated heterocycles. The summed E-state index contributed by atoms with van der Waals surface area (Å²) in [6.45, 7) is 4.38. The van der Waals surface area contributed by atoms with E-state index >= 15 is 0 Å². The molecule has 0 aliphatic heterocycles. The second kappa shape index (κ2) is 8.55. The zero-order chi connectivity index (χ0) is 18.3. The third-order valence-corrected chi connectivity index (χ3v) is 3.22. The Morgan fingerprint density at radius 3 is 2.40 bits per heavy atom. The summed E-state index contributed by atoms with van der Waals surface area (Å²) in [6.07, 6.45) is -1.84. The topological polar surface area (TPSA) is 56.3 Å². The van der Waals surface area contributed by atoms with E-state index in [2.05, 4.69) is 22.2 Å². The van der Waals surface area contributed by atoms with Crippen molar-refractivity contribution >= 4 is 11.6 Å². The number of benzene rings is 1. The lowest BCUT2D eigenvalue weighted by atomic mass is 10.3. The third kappa shape index (κ3) is 5.51. The first-order valence-electron chi connectivity index (χ1n) is 8.01. The molecule has 0 amide bonds. The van der Waals surface area contributed by atoms with E-state index in [1.807, 2.05) is 0 Å².